The van der Waals surface area contributed by atoms with E-state index in [4.69, 9.17) is 0 Å². The van der Waals surface area contributed by atoms with E-state index in [2.05, 4.69) is 51.1 Å². The van der Waals surface area contributed by atoms with E-state index in [1.165, 1.54) is 10.9 Å². The van der Waals surface area contributed by atoms with Gasteiger partial charge in [0.05, 0.1) is 18.3 Å². The normalized spacial score (nSPS) is 21.4. The molecule has 0 spiro atoms. The molecule has 0 N–H and O–H groups in total. The Morgan fingerprint density at radius 1 is 1.04 bits per heavy atom. The Morgan fingerprint density at radius 2 is 1.71 bits per heavy atom. The first-order chi connectivity index (χ1) is 13.6. The maximum Gasteiger partial charge on any atom is 0.225 e. The third kappa shape index (κ3) is 3.11. The highest BCUT2D eigenvalue weighted by molar-refractivity contribution is 9.10. The highest BCUT2D eigenvalue weighted by Crippen LogP contribution is 2.38. The van der Waals surface area contributed by atoms with Crippen LogP contribution in [0.4, 0.5) is 16.0 Å². The Labute approximate surface area is 169 Å². The third-order valence-corrected chi connectivity index (χ3v) is 6.09. The minimum absolute atomic E-state index is 0.206. The van der Waals surface area contributed by atoms with Crippen molar-refractivity contribution in [1.82, 2.24) is 30.2 Å². The predicted octanol–water partition coefficient (Wildman–Crippen LogP) is 2.14. The van der Waals surface area contributed by atoms with Crippen LogP contribution in [0.3, 0.4) is 0 Å². The van der Waals surface area contributed by atoms with E-state index in [0.29, 0.717) is 17.7 Å². The number of nitrogens with zero attached hydrogens (tertiary/aromatic N) is 8. The number of aryl methyl sites for hydroxylation is 1. The van der Waals surface area contributed by atoms with Gasteiger partial charge >= 0.3 is 0 Å². The molecule has 1 aromatic carbocycles. The van der Waals surface area contributed by atoms with Crippen LogP contribution < -0.4 is 9.80 Å². The van der Waals surface area contributed by atoms with Gasteiger partial charge in [0.25, 0.3) is 0 Å². The molecule has 0 bridgehead atoms. The van der Waals surface area contributed by atoms with Gasteiger partial charge in [-0.2, -0.15) is 4.80 Å². The van der Waals surface area contributed by atoms with Gasteiger partial charge in [-0.1, -0.05) is 0 Å². The van der Waals surface area contributed by atoms with Crippen molar-refractivity contribution < 1.29 is 4.39 Å². The zero-order valence-electron chi connectivity index (χ0n) is 15.2. The van der Waals surface area contributed by atoms with Gasteiger partial charge < -0.3 is 9.80 Å². The second kappa shape index (κ2) is 6.77. The van der Waals surface area contributed by atoms with Gasteiger partial charge in [0, 0.05) is 54.9 Å². The van der Waals surface area contributed by atoms with Crippen LogP contribution in [0.2, 0.25) is 0 Å². The summed E-state index contributed by atoms with van der Waals surface area (Å²) in [4.78, 5) is 14.9. The lowest BCUT2D eigenvalue weighted by Gasteiger charge is -2.24. The third-order valence-electron chi connectivity index (χ3n) is 5.42. The summed E-state index contributed by atoms with van der Waals surface area (Å²) < 4.78 is 14.6. The summed E-state index contributed by atoms with van der Waals surface area (Å²) >= 11 is 3.54. The Hall–Kier alpha value is -2.62. The summed E-state index contributed by atoms with van der Waals surface area (Å²) in [5, 5.41) is 12.0. The van der Waals surface area contributed by atoms with Crippen molar-refractivity contribution in [3.05, 3.63) is 40.9 Å². The molecule has 0 radical (unpaired) electrons. The molecule has 0 saturated carbocycles. The summed E-state index contributed by atoms with van der Waals surface area (Å²) in [7, 11) is 1.72. The van der Waals surface area contributed by atoms with Gasteiger partial charge in [-0.25, -0.2) is 14.4 Å². The molecular weight excluding hydrogens is 427 g/mol. The Kier molecular flexibility index (Phi) is 4.22. The average molecular weight is 445 g/mol. The topological polar surface area (TPSA) is 75.9 Å². The van der Waals surface area contributed by atoms with Crippen molar-refractivity contribution in [3.63, 3.8) is 0 Å². The predicted molar refractivity (Wildman–Crippen MR) is 105 cm³/mol. The first-order valence-electron chi connectivity index (χ1n) is 9.08. The summed E-state index contributed by atoms with van der Waals surface area (Å²) in [5.74, 6) is 2.06. The molecule has 144 valence electrons. The fraction of sp³-hybridized carbons (Fsp3) is 0.389. The largest absolute Gasteiger partial charge is 0.370 e. The van der Waals surface area contributed by atoms with Crippen molar-refractivity contribution in [3.8, 4) is 11.4 Å². The molecule has 0 amide bonds. The number of halogens is 2. The zero-order chi connectivity index (χ0) is 19.3. The quantitative estimate of drug-likeness (QED) is 0.612. The summed E-state index contributed by atoms with van der Waals surface area (Å²) in [5.41, 5.74) is 1.68. The molecule has 2 saturated heterocycles. The minimum atomic E-state index is -0.206. The van der Waals surface area contributed by atoms with Crippen LogP contribution in [0.5, 0.6) is 0 Å². The second-order valence-electron chi connectivity index (χ2n) is 7.30. The highest BCUT2D eigenvalue weighted by Gasteiger charge is 2.41. The van der Waals surface area contributed by atoms with Crippen LogP contribution in [-0.2, 0) is 7.05 Å². The highest BCUT2D eigenvalue weighted by atomic mass is 79.9. The van der Waals surface area contributed by atoms with Crippen molar-refractivity contribution in [2.45, 2.75) is 0 Å². The fourth-order valence-corrected chi connectivity index (χ4v) is 4.58. The smallest absolute Gasteiger partial charge is 0.225 e. The van der Waals surface area contributed by atoms with Crippen LogP contribution in [0.15, 0.2) is 35.1 Å². The van der Waals surface area contributed by atoms with Crippen molar-refractivity contribution in [2.75, 3.05) is 36.0 Å². The summed E-state index contributed by atoms with van der Waals surface area (Å²) in [6.07, 6.45) is 3.48. The van der Waals surface area contributed by atoms with E-state index in [0.717, 1.165) is 47.9 Å². The number of benzene rings is 1. The number of hydrogen-bond acceptors (Lipinski definition) is 7. The van der Waals surface area contributed by atoms with Gasteiger partial charge in [0.15, 0.2) is 0 Å². The van der Waals surface area contributed by atoms with Gasteiger partial charge in [0.1, 0.15) is 5.82 Å². The van der Waals surface area contributed by atoms with Gasteiger partial charge in [-0.15, -0.1) is 10.2 Å². The van der Waals surface area contributed by atoms with Gasteiger partial charge in [-0.3, -0.25) is 0 Å². The van der Waals surface area contributed by atoms with E-state index in [1.54, 1.807) is 31.6 Å². The molecule has 2 aromatic heterocycles. The molecular formula is C18H18BrFN8. The lowest BCUT2D eigenvalue weighted by Crippen LogP contribution is -2.29. The monoisotopic (exact) mass is 444 g/mol. The van der Waals surface area contributed by atoms with Gasteiger partial charge in [0.2, 0.25) is 11.8 Å². The van der Waals surface area contributed by atoms with E-state index in [9.17, 15) is 4.39 Å². The molecule has 0 aliphatic carbocycles. The summed E-state index contributed by atoms with van der Waals surface area (Å²) in [6, 6.07) is 4.85. The molecule has 8 nitrogen and oxygen atoms in total. The van der Waals surface area contributed by atoms with E-state index in [-0.39, 0.29) is 5.82 Å². The fourth-order valence-electron chi connectivity index (χ4n) is 4.08. The van der Waals surface area contributed by atoms with Gasteiger partial charge in [-0.05, 0) is 39.3 Å². The molecule has 3 aromatic rings. The molecule has 2 atom stereocenters. The minimum Gasteiger partial charge on any atom is -0.370 e. The van der Waals surface area contributed by atoms with Crippen LogP contribution in [0.1, 0.15) is 0 Å². The second-order valence-corrected chi connectivity index (χ2v) is 8.15. The van der Waals surface area contributed by atoms with E-state index in [1.807, 2.05) is 0 Å². The van der Waals surface area contributed by atoms with Crippen LogP contribution in [0.25, 0.3) is 11.4 Å². The van der Waals surface area contributed by atoms with Crippen LogP contribution in [-0.4, -0.2) is 56.4 Å². The van der Waals surface area contributed by atoms with Crippen molar-refractivity contribution in [1.29, 1.82) is 0 Å². The molecule has 4 heterocycles. The number of anilines is 2. The molecule has 2 aliphatic rings. The maximum atomic E-state index is 13.6. The Balaban J connectivity index is 1.27. The van der Waals surface area contributed by atoms with Crippen LogP contribution >= 0.6 is 15.9 Å². The number of hydrogen-bond donors (Lipinski definition) is 0. The molecule has 2 aliphatic heterocycles. The lowest BCUT2D eigenvalue weighted by molar-refractivity contribution is 0.533. The lowest BCUT2D eigenvalue weighted by atomic mass is 10.0. The SMILES string of the molecule is Cn1nnc(-c2cnc(N3CC4CN(c5cc(F)ccc5Br)CC4C3)nc2)n1. The Morgan fingerprint density at radius 3 is 2.36 bits per heavy atom. The average Bonchev–Trinajstić information content (AvgIpc) is 3.38. The number of tetrazole rings is 1. The number of rotatable bonds is 3. The number of fused-ring (bicyclic) bond motifs is 1. The standard InChI is InChI=1S/C18H18BrFN8/c1-26-24-17(23-25-26)11-5-21-18(22-6-11)28-9-12-7-27(8-13(12)10-28)16-4-14(20)2-3-15(16)19/h2-6,12-13H,7-10H2,1H3. The van der Waals surface area contributed by atoms with E-state index >= 15 is 0 Å². The molecule has 5 rings (SSSR count). The summed E-state index contributed by atoms with van der Waals surface area (Å²) in [6.45, 7) is 3.61. The molecule has 28 heavy (non-hydrogen) atoms. The molecule has 2 unspecified atom stereocenters. The van der Waals surface area contributed by atoms with E-state index < -0.39 is 0 Å². The van der Waals surface area contributed by atoms with Crippen LogP contribution in [0, 0.1) is 17.7 Å². The van der Waals surface area contributed by atoms with Crippen molar-refractivity contribution >= 4 is 27.6 Å². The molecule has 2 fully saturated rings. The number of aromatic nitrogens is 6. The Bertz CT molecular complexity index is 993. The zero-order valence-corrected chi connectivity index (χ0v) is 16.8. The molecule has 10 heteroatoms. The first kappa shape index (κ1) is 17.5. The maximum absolute atomic E-state index is 13.6. The van der Waals surface area contributed by atoms with Crippen molar-refractivity contribution in [2.24, 2.45) is 18.9 Å². The first-order valence-corrected chi connectivity index (χ1v) is 9.87.